The molecule has 9 nitrogen and oxygen atoms in total. The smallest absolute Gasteiger partial charge is 0.330 e. The zero-order valence-corrected chi connectivity index (χ0v) is 19.1. The number of rotatable bonds is 8. The minimum absolute atomic E-state index is 0.00146. The molecule has 0 radical (unpaired) electrons. The largest absolute Gasteiger partial charge is 0.497 e. The lowest BCUT2D eigenvalue weighted by Gasteiger charge is -2.26. The first-order chi connectivity index (χ1) is 15.1. The normalized spacial score (nSPS) is 11.5. The van der Waals surface area contributed by atoms with Crippen molar-refractivity contribution in [2.75, 3.05) is 24.3 Å². The van der Waals surface area contributed by atoms with Gasteiger partial charge in [0, 0.05) is 30.1 Å². The van der Waals surface area contributed by atoms with Gasteiger partial charge in [0.1, 0.15) is 17.2 Å². The van der Waals surface area contributed by atoms with Crippen LogP contribution in [-0.4, -0.2) is 29.1 Å². The van der Waals surface area contributed by atoms with Gasteiger partial charge in [-0.25, -0.2) is 4.79 Å². The molecule has 0 spiro atoms. The van der Waals surface area contributed by atoms with Crippen LogP contribution in [0.2, 0.25) is 0 Å². The molecule has 0 fully saturated rings. The molecule has 2 heterocycles. The lowest BCUT2D eigenvalue weighted by molar-refractivity contribution is -0.118. The molecule has 1 aromatic carbocycles. The molecule has 0 aliphatic carbocycles. The van der Waals surface area contributed by atoms with Crippen LogP contribution in [0.15, 0.2) is 38.5 Å². The molecule has 1 amide bonds. The maximum absolute atomic E-state index is 13.4. The Bertz CT molecular complexity index is 1240. The molecule has 172 valence electrons. The molecule has 3 aromatic rings. The third-order valence-electron chi connectivity index (χ3n) is 5.09. The quantitative estimate of drug-likeness (QED) is 0.553. The highest BCUT2D eigenvalue weighted by atomic mass is 16.5. The first kappa shape index (κ1) is 23.2. The van der Waals surface area contributed by atoms with Gasteiger partial charge in [0.2, 0.25) is 5.91 Å². The highest BCUT2D eigenvalue weighted by Crippen LogP contribution is 2.27. The van der Waals surface area contributed by atoms with E-state index in [4.69, 9.17) is 14.9 Å². The summed E-state index contributed by atoms with van der Waals surface area (Å²) in [5.74, 6) is 0.510. The van der Waals surface area contributed by atoms with Gasteiger partial charge in [0.05, 0.1) is 19.8 Å². The number of aromatic amines is 1. The second kappa shape index (κ2) is 9.33. The van der Waals surface area contributed by atoms with Crippen molar-refractivity contribution in [3.05, 3.63) is 50.9 Å². The van der Waals surface area contributed by atoms with Gasteiger partial charge in [0.15, 0.2) is 5.69 Å². The summed E-state index contributed by atoms with van der Waals surface area (Å²) in [6.45, 7) is 8.35. The number of anilines is 2. The Morgan fingerprint density at radius 2 is 1.94 bits per heavy atom. The number of furan rings is 1. The Kier molecular flexibility index (Phi) is 6.76. The monoisotopic (exact) mass is 442 g/mol. The van der Waals surface area contributed by atoms with E-state index in [1.54, 1.807) is 19.2 Å². The maximum atomic E-state index is 13.4. The summed E-state index contributed by atoms with van der Waals surface area (Å²) in [5, 5.41) is 0.787. The van der Waals surface area contributed by atoms with E-state index in [1.165, 1.54) is 15.7 Å². The lowest BCUT2D eigenvalue weighted by Crippen LogP contribution is -2.43. The molecule has 32 heavy (non-hydrogen) atoms. The number of hydrogen-bond donors (Lipinski definition) is 2. The second-order valence-corrected chi connectivity index (χ2v) is 8.70. The summed E-state index contributed by atoms with van der Waals surface area (Å²) in [6.07, 6.45) is 1.54. The third-order valence-corrected chi connectivity index (χ3v) is 5.09. The van der Waals surface area contributed by atoms with Crippen molar-refractivity contribution in [1.29, 1.82) is 0 Å². The highest BCUT2D eigenvalue weighted by molar-refractivity contribution is 5.99. The van der Waals surface area contributed by atoms with Crippen molar-refractivity contribution in [2.24, 2.45) is 11.8 Å². The number of carbonyl (C=O) groups is 1. The number of aromatic nitrogens is 2. The summed E-state index contributed by atoms with van der Waals surface area (Å²) in [7, 11) is 1.57. The van der Waals surface area contributed by atoms with Gasteiger partial charge >= 0.3 is 5.69 Å². The van der Waals surface area contributed by atoms with Crippen LogP contribution in [0.25, 0.3) is 11.0 Å². The zero-order chi connectivity index (χ0) is 23.6. The van der Waals surface area contributed by atoms with Gasteiger partial charge in [0.25, 0.3) is 5.56 Å². The van der Waals surface area contributed by atoms with E-state index < -0.39 is 11.2 Å². The molecular weight excluding hydrogens is 412 g/mol. The first-order valence-corrected chi connectivity index (χ1v) is 10.6. The van der Waals surface area contributed by atoms with Crippen molar-refractivity contribution >= 4 is 28.4 Å². The number of nitrogens with zero attached hydrogens (tertiary/aromatic N) is 2. The SMILES string of the molecule is COc1ccc2c(CC(=O)N(CC(C)C)c3c(N)n(CC(C)C)c(=O)[nH]c3=O)coc2c1. The summed E-state index contributed by atoms with van der Waals surface area (Å²) in [5.41, 5.74) is 6.28. The van der Waals surface area contributed by atoms with Crippen LogP contribution in [0.5, 0.6) is 5.75 Å². The van der Waals surface area contributed by atoms with Crippen LogP contribution in [0.4, 0.5) is 11.5 Å². The number of hydrogen-bond acceptors (Lipinski definition) is 6. The number of nitrogen functional groups attached to an aromatic ring is 1. The summed E-state index contributed by atoms with van der Waals surface area (Å²) in [6, 6.07) is 5.37. The molecule has 9 heteroatoms. The topological polar surface area (TPSA) is 124 Å². The number of H-pyrrole nitrogens is 1. The maximum Gasteiger partial charge on any atom is 0.330 e. The number of nitrogens with one attached hydrogen (secondary N) is 1. The number of nitrogens with two attached hydrogens (primary N) is 1. The van der Waals surface area contributed by atoms with Crippen molar-refractivity contribution in [2.45, 2.75) is 40.7 Å². The van der Waals surface area contributed by atoms with Crippen LogP contribution in [0, 0.1) is 11.8 Å². The van der Waals surface area contributed by atoms with E-state index in [-0.39, 0.29) is 42.2 Å². The molecule has 0 bridgehead atoms. The van der Waals surface area contributed by atoms with E-state index in [0.29, 0.717) is 23.4 Å². The van der Waals surface area contributed by atoms with Gasteiger partial charge in [-0.05, 0) is 24.0 Å². The second-order valence-electron chi connectivity index (χ2n) is 8.70. The molecule has 2 aromatic heterocycles. The summed E-state index contributed by atoms with van der Waals surface area (Å²) >= 11 is 0. The number of benzene rings is 1. The van der Waals surface area contributed by atoms with Crippen LogP contribution in [-0.2, 0) is 17.8 Å². The molecule has 0 saturated heterocycles. The van der Waals surface area contributed by atoms with Crippen molar-refractivity contribution in [1.82, 2.24) is 9.55 Å². The van der Waals surface area contributed by atoms with E-state index in [2.05, 4.69) is 4.98 Å². The molecule has 3 N–H and O–H groups in total. The number of methoxy groups -OCH3 is 1. The number of fused-ring (bicyclic) bond motifs is 1. The number of ether oxygens (including phenoxy) is 1. The standard InChI is InChI=1S/C23H30N4O5/c1-13(2)10-26(20-21(24)27(11-14(3)4)23(30)25-22(20)29)19(28)8-15-12-32-18-9-16(31-5)6-7-17(15)18/h6-7,9,12-14H,8,10-11,24H2,1-5H3,(H,25,29,30). The zero-order valence-electron chi connectivity index (χ0n) is 19.1. The Hall–Kier alpha value is -3.49. The predicted octanol–water partition coefficient (Wildman–Crippen LogP) is 2.76. The fourth-order valence-electron chi connectivity index (χ4n) is 3.65. The fraction of sp³-hybridized carbons (Fsp3) is 0.435. The number of carbonyl (C=O) groups excluding carboxylic acids is 1. The van der Waals surface area contributed by atoms with Crippen molar-refractivity contribution in [3.8, 4) is 5.75 Å². The lowest BCUT2D eigenvalue weighted by atomic mass is 10.1. The fourth-order valence-corrected chi connectivity index (χ4v) is 3.65. The molecule has 3 rings (SSSR count). The molecule has 0 atom stereocenters. The predicted molar refractivity (Wildman–Crippen MR) is 124 cm³/mol. The highest BCUT2D eigenvalue weighted by Gasteiger charge is 2.26. The van der Waals surface area contributed by atoms with Gasteiger partial charge < -0.3 is 19.8 Å². The van der Waals surface area contributed by atoms with Crippen molar-refractivity contribution < 1.29 is 13.9 Å². The minimum Gasteiger partial charge on any atom is -0.497 e. The molecular formula is C23H30N4O5. The van der Waals surface area contributed by atoms with Gasteiger partial charge in [-0.3, -0.25) is 19.1 Å². The van der Waals surface area contributed by atoms with E-state index >= 15 is 0 Å². The third kappa shape index (κ3) is 4.71. The van der Waals surface area contributed by atoms with Crippen LogP contribution < -0.4 is 26.6 Å². The molecule has 0 saturated carbocycles. The molecule has 0 aliphatic heterocycles. The Morgan fingerprint density at radius 1 is 1.22 bits per heavy atom. The Morgan fingerprint density at radius 3 is 2.56 bits per heavy atom. The van der Waals surface area contributed by atoms with Crippen LogP contribution in [0.1, 0.15) is 33.3 Å². The summed E-state index contributed by atoms with van der Waals surface area (Å²) < 4.78 is 12.1. The minimum atomic E-state index is -0.678. The Labute approximate surface area is 185 Å². The molecule has 0 unspecified atom stereocenters. The van der Waals surface area contributed by atoms with Crippen LogP contribution in [0.3, 0.4) is 0 Å². The average Bonchev–Trinajstić information content (AvgIpc) is 3.11. The van der Waals surface area contributed by atoms with E-state index in [9.17, 15) is 14.4 Å². The summed E-state index contributed by atoms with van der Waals surface area (Å²) in [4.78, 5) is 42.1. The van der Waals surface area contributed by atoms with E-state index in [0.717, 1.165) is 5.39 Å². The number of amides is 1. The first-order valence-electron chi connectivity index (χ1n) is 10.6. The van der Waals surface area contributed by atoms with Crippen molar-refractivity contribution in [3.63, 3.8) is 0 Å². The van der Waals surface area contributed by atoms with Gasteiger partial charge in [-0.15, -0.1) is 0 Å². The van der Waals surface area contributed by atoms with E-state index in [1.807, 2.05) is 33.8 Å². The molecule has 0 aliphatic rings. The Balaban J connectivity index is 2.03. The van der Waals surface area contributed by atoms with Gasteiger partial charge in [-0.2, -0.15) is 0 Å². The van der Waals surface area contributed by atoms with Gasteiger partial charge in [-0.1, -0.05) is 27.7 Å². The van der Waals surface area contributed by atoms with Crippen LogP contribution >= 0.6 is 0 Å². The average molecular weight is 443 g/mol.